The molecule has 0 atom stereocenters. The van der Waals surface area contributed by atoms with Gasteiger partial charge in [-0.1, -0.05) is 48.5 Å². The molecule has 3 amide bonds. The number of amides is 3. The van der Waals surface area contributed by atoms with Crippen molar-refractivity contribution in [3.8, 4) is 0 Å². The normalized spacial score (nSPS) is 13.7. The van der Waals surface area contributed by atoms with E-state index in [1.165, 1.54) is 5.56 Å². The lowest BCUT2D eigenvalue weighted by atomic mass is 10.1. The molecule has 0 aromatic heterocycles. The van der Waals surface area contributed by atoms with Gasteiger partial charge in [0.25, 0.3) is 5.91 Å². The number of urea groups is 1. The van der Waals surface area contributed by atoms with Gasteiger partial charge in [-0.3, -0.25) is 9.69 Å². The van der Waals surface area contributed by atoms with Gasteiger partial charge in [0.05, 0.1) is 5.56 Å². The van der Waals surface area contributed by atoms with Crippen LogP contribution in [-0.4, -0.2) is 63.3 Å². The van der Waals surface area contributed by atoms with Crippen molar-refractivity contribution >= 4 is 29.0 Å². The summed E-state index contributed by atoms with van der Waals surface area (Å²) < 4.78 is 5.09. The SMILES string of the molecule is COCCCNC(=O)c1cc(NC(=O)Nc2ccccc2)ccc1N1CCN(Cc2ccccc2)CC1. The van der Waals surface area contributed by atoms with Crippen molar-refractivity contribution in [1.29, 1.82) is 0 Å². The third-order valence-electron chi connectivity index (χ3n) is 6.30. The largest absolute Gasteiger partial charge is 0.385 e. The Balaban J connectivity index is 1.44. The molecule has 1 aliphatic heterocycles. The van der Waals surface area contributed by atoms with E-state index >= 15 is 0 Å². The summed E-state index contributed by atoms with van der Waals surface area (Å²) in [6.45, 7) is 5.46. The van der Waals surface area contributed by atoms with E-state index in [-0.39, 0.29) is 11.9 Å². The Morgan fingerprint density at radius 3 is 2.22 bits per heavy atom. The summed E-state index contributed by atoms with van der Waals surface area (Å²) in [7, 11) is 1.65. The molecule has 3 N–H and O–H groups in total. The maximum atomic E-state index is 13.2. The highest BCUT2D eigenvalue weighted by molar-refractivity contribution is 6.04. The van der Waals surface area contributed by atoms with E-state index in [0.717, 1.165) is 44.8 Å². The lowest BCUT2D eigenvalue weighted by Crippen LogP contribution is -2.46. The monoisotopic (exact) mass is 501 g/mol. The van der Waals surface area contributed by atoms with Crippen molar-refractivity contribution in [3.05, 3.63) is 90.0 Å². The van der Waals surface area contributed by atoms with Crippen molar-refractivity contribution in [2.45, 2.75) is 13.0 Å². The fraction of sp³-hybridized carbons (Fsp3) is 0.310. The highest BCUT2D eigenvalue weighted by atomic mass is 16.5. The van der Waals surface area contributed by atoms with Crippen LogP contribution in [0.4, 0.5) is 21.9 Å². The first-order valence-electron chi connectivity index (χ1n) is 12.7. The number of methoxy groups -OCH3 is 1. The smallest absolute Gasteiger partial charge is 0.323 e. The van der Waals surface area contributed by atoms with Crippen LogP contribution in [0.3, 0.4) is 0 Å². The molecule has 3 aromatic carbocycles. The molecule has 0 radical (unpaired) electrons. The van der Waals surface area contributed by atoms with E-state index in [1.807, 2.05) is 48.5 Å². The van der Waals surface area contributed by atoms with E-state index in [2.05, 4.69) is 50.0 Å². The van der Waals surface area contributed by atoms with Gasteiger partial charge >= 0.3 is 6.03 Å². The number of carbonyl (C=O) groups is 2. The summed E-state index contributed by atoms with van der Waals surface area (Å²) in [5, 5.41) is 8.65. The second kappa shape index (κ2) is 13.4. The molecule has 0 aliphatic carbocycles. The van der Waals surface area contributed by atoms with Gasteiger partial charge in [-0.25, -0.2) is 4.79 Å². The third-order valence-corrected chi connectivity index (χ3v) is 6.30. The Morgan fingerprint density at radius 2 is 1.51 bits per heavy atom. The minimum Gasteiger partial charge on any atom is -0.385 e. The van der Waals surface area contributed by atoms with Crippen molar-refractivity contribution in [1.82, 2.24) is 10.2 Å². The summed E-state index contributed by atoms with van der Waals surface area (Å²) in [6, 6.07) is 24.9. The van der Waals surface area contributed by atoms with Gasteiger partial charge in [0.15, 0.2) is 0 Å². The standard InChI is InChI=1S/C29H35N5O3/c1-37-20-8-15-30-28(35)26-21-25(32-29(36)31-24-11-6-3-7-12-24)13-14-27(26)34-18-16-33(17-19-34)22-23-9-4-2-5-10-23/h2-7,9-14,21H,8,15-20,22H2,1H3,(H,30,35)(H2,31,32,36). The summed E-state index contributed by atoms with van der Waals surface area (Å²) >= 11 is 0. The lowest BCUT2D eigenvalue weighted by Gasteiger charge is -2.37. The zero-order valence-electron chi connectivity index (χ0n) is 21.3. The number of hydrogen-bond donors (Lipinski definition) is 3. The zero-order chi connectivity index (χ0) is 25.9. The first-order valence-corrected chi connectivity index (χ1v) is 12.7. The molecule has 0 spiro atoms. The number of nitrogens with one attached hydrogen (secondary N) is 3. The Kier molecular flexibility index (Phi) is 9.51. The van der Waals surface area contributed by atoms with Crippen LogP contribution in [0.5, 0.6) is 0 Å². The van der Waals surface area contributed by atoms with Crippen molar-refractivity contribution < 1.29 is 14.3 Å². The molecule has 4 rings (SSSR count). The van der Waals surface area contributed by atoms with E-state index in [1.54, 1.807) is 13.2 Å². The molecule has 0 unspecified atom stereocenters. The number of piperazine rings is 1. The van der Waals surface area contributed by atoms with Crippen LogP contribution in [0.25, 0.3) is 0 Å². The van der Waals surface area contributed by atoms with E-state index in [0.29, 0.717) is 30.1 Å². The Morgan fingerprint density at radius 1 is 0.838 bits per heavy atom. The summed E-state index contributed by atoms with van der Waals surface area (Å²) in [5.41, 5.74) is 3.98. The van der Waals surface area contributed by atoms with Crippen LogP contribution in [0.1, 0.15) is 22.3 Å². The second-order valence-corrected chi connectivity index (χ2v) is 9.03. The third kappa shape index (κ3) is 7.80. The maximum Gasteiger partial charge on any atom is 0.323 e. The molecular formula is C29H35N5O3. The average Bonchev–Trinajstić information content (AvgIpc) is 2.92. The molecular weight excluding hydrogens is 466 g/mol. The summed E-state index contributed by atoms with van der Waals surface area (Å²) in [4.78, 5) is 30.4. The number of rotatable bonds is 10. The molecule has 0 bridgehead atoms. The number of carbonyl (C=O) groups excluding carboxylic acids is 2. The van der Waals surface area contributed by atoms with Gasteiger partial charge in [0, 0.05) is 70.0 Å². The lowest BCUT2D eigenvalue weighted by molar-refractivity contribution is 0.0949. The van der Waals surface area contributed by atoms with E-state index < -0.39 is 0 Å². The highest BCUT2D eigenvalue weighted by Crippen LogP contribution is 2.26. The molecule has 3 aromatic rings. The summed E-state index contributed by atoms with van der Waals surface area (Å²) in [5.74, 6) is -0.162. The molecule has 37 heavy (non-hydrogen) atoms. The Bertz CT molecular complexity index is 1150. The van der Waals surface area contributed by atoms with E-state index in [4.69, 9.17) is 4.74 Å². The van der Waals surface area contributed by atoms with Crippen molar-refractivity contribution in [2.75, 3.05) is 62.0 Å². The van der Waals surface area contributed by atoms with Gasteiger partial charge in [-0.15, -0.1) is 0 Å². The number of ether oxygens (including phenoxy) is 1. The number of nitrogens with zero attached hydrogens (tertiary/aromatic N) is 2. The minimum absolute atomic E-state index is 0.162. The predicted octanol–water partition coefficient (Wildman–Crippen LogP) is 4.42. The molecule has 8 nitrogen and oxygen atoms in total. The van der Waals surface area contributed by atoms with Gasteiger partial charge in [-0.05, 0) is 42.3 Å². The average molecular weight is 502 g/mol. The molecule has 1 fully saturated rings. The van der Waals surface area contributed by atoms with Crippen LogP contribution in [0.15, 0.2) is 78.9 Å². The molecule has 1 heterocycles. The van der Waals surface area contributed by atoms with Crippen molar-refractivity contribution in [2.24, 2.45) is 0 Å². The highest BCUT2D eigenvalue weighted by Gasteiger charge is 2.22. The van der Waals surface area contributed by atoms with E-state index in [9.17, 15) is 9.59 Å². The van der Waals surface area contributed by atoms with Crippen LogP contribution in [0.2, 0.25) is 0 Å². The zero-order valence-corrected chi connectivity index (χ0v) is 21.3. The van der Waals surface area contributed by atoms with Gasteiger partial charge in [0.1, 0.15) is 0 Å². The molecule has 8 heteroatoms. The Hall–Kier alpha value is -3.88. The fourth-order valence-electron chi connectivity index (χ4n) is 4.39. The van der Waals surface area contributed by atoms with Crippen molar-refractivity contribution in [3.63, 3.8) is 0 Å². The van der Waals surface area contributed by atoms with Gasteiger partial charge in [-0.2, -0.15) is 0 Å². The molecule has 1 aliphatic rings. The maximum absolute atomic E-state index is 13.2. The quantitative estimate of drug-likeness (QED) is 0.358. The van der Waals surface area contributed by atoms with Gasteiger partial charge in [0.2, 0.25) is 0 Å². The molecule has 1 saturated heterocycles. The van der Waals surface area contributed by atoms with Crippen LogP contribution in [-0.2, 0) is 11.3 Å². The fourth-order valence-corrected chi connectivity index (χ4v) is 4.39. The second-order valence-electron chi connectivity index (χ2n) is 9.03. The Labute approximate surface area is 218 Å². The number of hydrogen-bond acceptors (Lipinski definition) is 5. The van der Waals surface area contributed by atoms with Crippen LogP contribution >= 0.6 is 0 Å². The number of para-hydroxylation sites is 1. The minimum atomic E-state index is -0.361. The number of anilines is 3. The van der Waals surface area contributed by atoms with Gasteiger partial charge < -0.3 is 25.6 Å². The topological polar surface area (TPSA) is 85.9 Å². The van der Waals surface area contributed by atoms with Crippen LogP contribution in [0, 0.1) is 0 Å². The summed E-state index contributed by atoms with van der Waals surface area (Å²) in [6.07, 6.45) is 0.729. The molecule has 194 valence electrons. The van der Waals surface area contributed by atoms with Crippen LogP contribution < -0.4 is 20.9 Å². The first kappa shape index (κ1) is 26.2. The first-order chi connectivity index (χ1) is 18.1. The predicted molar refractivity (Wildman–Crippen MR) is 148 cm³/mol. The molecule has 0 saturated carbocycles. The number of benzene rings is 3.